The van der Waals surface area contributed by atoms with Gasteiger partial charge < -0.3 is 9.64 Å². The Morgan fingerprint density at radius 3 is 2.76 bits per heavy atom. The molecule has 2 aromatic rings. The van der Waals surface area contributed by atoms with E-state index in [1.165, 1.54) is 6.33 Å². The van der Waals surface area contributed by atoms with E-state index in [1.807, 2.05) is 18.2 Å². The van der Waals surface area contributed by atoms with Crippen molar-refractivity contribution >= 4 is 11.7 Å². The van der Waals surface area contributed by atoms with Crippen LogP contribution in [-0.4, -0.2) is 45.8 Å². The number of nitrogens with zero attached hydrogens (tertiary/aromatic N) is 3. The second-order valence-electron chi connectivity index (χ2n) is 6.06. The fraction of sp³-hybridized carbons (Fsp3) is 0.368. The zero-order valence-corrected chi connectivity index (χ0v) is 14.0. The van der Waals surface area contributed by atoms with E-state index in [0.29, 0.717) is 24.5 Å². The van der Waals surface area contributed by atoms with Crippen LogP contribution in [0.2, 0.25) is 0 Å². The Morgan fingerprint density at radius 1 is 1.16 bits per heavy atom. The molecule has 1 aliphatic heterocycles. The van der Waals surface area contributed by atoms with Gasteiger partial charge in [0.25, 0.3) is 0 Å². The van der Waals surface area contributed by atoms with Crippen molar-refractivity contribution in [3.05, 3.63) is 54.5 Å². The molecule has 6 heteroatoms. The van der Waals surface area contributed by atoms with E-state index in [1.54, 1.807) is 29.3 Å². The highest BCUT2D eigenvalue weighted by molar-refractivity contribution is 5.97. The Hall–Kier alpha value is -2.76. The van der Waals surface area contributed by atoms with Gasteiger partial charge in [0.1, 0.15) is 12.4 Å². The van der Waals surface area contributed by atoms with E-state index >= 15 is 0 Å². The zero-order chi connectivity index (χ0) is 17.5. The predicted octanol–water partition coefficient (Wildman–Crippen LogP) is 2.51. The molecule has 1 aromatic carbocycles. The minimum atomic E-state index is -0.0718. The molecule has 0 radical (unpaired) electrons. The molecular formula is C19H21N3O3. The number of hydrogen-bond donors (Lipinski definition) is 0. The Balaban J connectivity index is 1.49. The topological polar surface area (TPSA) is 72.4 Å². The average Bonchev–Trinajstić information content (AvgIpc) is 2.67. The summed E-state index contributed by atoms with van der Waals surface area (Å²) < 4.78 is 5.82. The van der Waals surface area contributed by atoms with Crippen molar-refractivity contribution in [3.63, 3.8) is 0 Å². The molecule has 0 spiro atoms. The van der Waals surface area contributed by atoms with E-state index in [-0.39, 0.29) is 30.6 Å². The number of ether oxygens (including phenoxy) is 1. The first kappa shape index (κ1) is 17.1. The fourth-order valence-electron chi connectivity index (χ4n) is 2.93. The zero-order valence-electron chi connectivity index (χ0n) is 14.0. The van der Waals surface area contributed by atoms with E-state index < -0.39 is 0 Å². The molecule has 3 rings (SSSR count). The number of piperidine rings is 1. The predicted molar refractivity (Wildman–Crippen MR) is 92.3 cm³/mol. The molecule has 0 saturated carbocycles. The van der Waals surface area contributed by atoms with Gasteiger partial charge in [0, 0.05) is 37.2 Å². The molecule has 1 aromatic heterocycles. The van der Waals surface area contributed by atoms with Crippen molar-refractivity contribution in [2.45, 2.75) is 31.8 Å². The molecule has 0 aliphatic carbocycles. The first-order valence-electron chi connectivity index (χ1n) is 8.51. The van der Waals surface area contributed by atoms with Gasteiger partial charge in [-0.05, 0) is 12.8 Å². The molecule has 0 bridgehead atoms. The highest BCUT2D eigenvalue weighted by Gasteiger charge is 2.25. The monoisotopic (exact) mass is 339 g/mol. The molecular weight excluding hydrogens is 318 g/mol. The first-order valence-corrected chi connectivity index (χ1v) is 8.51. The lowest BCUT2D eigenvalue weighted by atomic mass is 10.0. The van der Waals surface area contributed by atoms with Crippen LogP contribution in [0.25, 0.3) is 0 Å². The largest absolute Gasteiger partial charge is 0.472 e. The summed E-state index contributed by atoms with van der Waals surface area (Å²) in [6, 6.07) is 10.8. The number of ketones is 1. The van der Waals surface area contributed by atoms with Gasteiger partial charge in [-0.2, -0.15) is 0 Å². The summed E-state index contributed by atoms with van der Waals surface area (Å²) >= 11 is 0. The Kier molecular flexibility index (Phi) is 5.72. The van der Waals surface area contributed by atoms with Crippen molar-refractivity contribution in [1.29, 1.82) is 0 Å². The van der Waals surface area contributed by atoms with Crippen LogP contribution in [0.5, 0.6) is 5.88 Å². The maximum absolute atomic E-state index is 12.4. The lowest BCUT2D eigenvalue weighted by molar-refractivity contribution is -0.133. The van der Waals surface area contributed by atoms with Crippen LogP contribution in [-0.2, 0) is 4.79 Å². The van der Waals surface area contributed by atoms with Crippen LogP contribution in [0.3, 0.4) is 0 Å². The summed E-state index contributed by atoms with van der Waals surface area (Å²) in [7, 11) is 0. The summed E-state index contributed by atoms with van der Waals surface area (Å²) in [4.78, 5) is 34.3. The van der Waals surface area contributed by atoms with E-state index in [0.717, 1.165) is 12.8 Å². The molecule has 0 N–H and O–H groups in total. The third-order valence-electron chi connectivity index (χ3n) is 4.23. The van der Waals surface area contributed by atoms with Crippen molar-refractivity contribution in [1.82, 2.24) is 14.9 Å². The smallest absolute Gasteiger partial charge is 0.223 e. The van der Waals surface area contributed by atoms with Gasteiger partial charge in [-0.25, -0.2) is 9.97 Å². The summed E-state index contributed by atoms with van der Waals surface area (Å²) in [6.07, 6.45) is 5.23. The van der Waals surface area contributed by atoms with Crippen LogP contribution in [0, 0.1) is 0 Å². The summed E-state index contributed by atoms with van der Waals surface area (Å²) in [5, 5.41) is 0. The number of likely N-dealkylation sites (tertiary alicyclic amines) is 1. The lowest BCUT2D eigenvalue weighted by Crippen LogP contribution is -2.44. The normalized spacial score (nSPS) is 17.1. The van der Waals surface area contributed by atoms with Crippen LogP contribution in [0.1, 0.15) is 36.0 Å². The molecule has 1 atom stereocenters. The summed E-state index contributed by atoms with van der Waals surface area (Å²) in [6.45, 7) is 1.24. The maximum atomic E-state index is 12.4. The van der Waals surface area contributed by atoms with Crippen molar-refractivity contribution in [2.24, 2.45) is 0 Å². The van der Waals surface area contributed by atoms with Crippen LogP contribution in [0.15, 0.2) is 48.9 Å². The summed E-state index contributed by atoms with van der Waals surface area (Å²) in [5.41, 5.74) is 0.652. The average molecular weight is 339 g/mol. The number of hydrogen-bond acceptors (Lipinski definition) is 5. The molecule has 2 heterocycles. The van der Waals surface area contributed by atoms with Gasteiger partial charge in [0.15, 0.2) is 5.78 Å². The third kappa shape index (κ3) is 4.86. The van der Waals surface area contributed by atoms with Crippen molar-refractivity contribution in [2.75, 3.05) is 13.1 Å². The molecule has 1 amide bonds. The number of amides is 1. The van der Waals surface area contributed by atoms with Gasteiger partial charge >= 0.3 is 0 Å². The van der Waals surface area contributed by atoms with Gasteiger partial charge in [0.05, 0.1) is 6.54 Å². The number of Topliss-reactive ketones (excluding diaryl/α,β-unsaturated/α-hetero) is 1. The molecule has 1 aliphatic rings. The Morgan fingerprint density at radius 2 is 2.00 bits per heavy atom. The second kappa shape index (κ2) is 8.37. The van der Waals surface area contributed by atoms with Gasteiger partial charge in [0.2, 0.25) is 11.8 Å². The number of carbonyl (C=O) groups is 2. The van der Waals surface area contributed by atoms with Gasteiger partial charge in [-0.1, -0.05) is 30.3 Å². The number of rotatable bonds is 6. The standard InChI is InChI=1S/C19H21N3O3/c23-17(15-5-2-1-3-6-15)8-9-19(24)22-12-4-7-16(13-22)25-18-10-11-20-14-21-18/h1-3,5-6,10-11,14,16H,4,7-9,12-13H2/t16-/m0/s1. The molecule has 25 heavy (non-hydrogen) atoms. The quantitative estimate of drug-likeness (QED) is 0.756. The minimum Gasteiger partial charge on any atom is -0.472 e. The molecule has 130 valence electrons. The van der Waals surface area contributed by atoms with Crippen LogP contribution >= 0.6 is 0 Å². The van der Waals surface area contributed by atoms with Crippen molar-refractivity contribution in [3.8, 4) is 5.88 Å². The van der Waals surface area contributed by atoms with Gasteiger partial charge in [-0.15, -0.1) is 0 Å². The number of benzene rings is 1. The van der Waals surface area contributed by atoms with E-state index in [2.05, 4.69) is 9.97 Å². The fourth-order valence-corrected chi connectivity index (χ4v) is 2.93. The van der Waals surface area contributed by atoms with E-state index in [9.17, 15) is 9.59 Å². The maximum Gasteiger partial charge on any atom is 0.223 e. The number of aromatic nitrogens is 2. The van der Waals surface area contributed by atoms with Crippen LogP contribution < -0.4 is 4.74 Å². The Bertz CT molecular complexity index is 706. The molecule has 6 nitrogen and oxygen atoms in total. The highest BCUT2D eigenvalue weighted by atomic mass is 16.5. The SMILES string of the molecule is O=C(CCC(=O)N1CCC[C@H](Oc2ccncn2)C1)c1ccccc1. The molecule has 1 saturated heterocycles. The summed E-state index contributed by atoms with van der Waals surface area (Å²) in [5.74, 6) is 0.522. The highest BCUT2D eigenvalue weighted by Crippen LogP contribution is 2.17. The Labute approximate surface area is 146 Å². The minimum absolute atomic E-state index is 0.000236. The van der Waals surface area contributed by atoms with E-state index in [4.69, 9.17) is 4.74 Å². The molecule has 0 unspecified atom stereocenters. The van der Waals surface area contributed by atoms with Crippen LogP contribution in [0.4, 0.5) is 0 Å². The second-order valence-corrected chi connectivity index (χ2v) is 6.06. The molecule has 1 fully saturated rings. The van der Waals surface area contributed by atoms with Crippen molar-refractivity contribution < 1.29 is 14.3 Å². The lowest BCUT2D eigenvalue weighted by Gasteiger charge is -2.32. The third-order valence-corrected chi connectivity index (χ3v) is 4.23. The number of carbonyl (C=O) groups excluding carboxylic acids is 2. The van der Waals surface area contributed by atoms with Gasteiger partial charge in [-0.3, -0.25) is 9.59 Å². The first-order chi connectivity index (χ1) is 12.2.